The van der Waals surface area contributed by atoms with Crippen molar-refractivity contribution in [1.82, 2.24) is 8.96 Å². The van der Waals surface area contributed by atoms with E-state index >= 15 is 0 Å². The first kappa shape index (κ1) is 7.68. The van der Waals surface area contributed by atoms with E-state index in [0.29, 0.717) is 0 Å². The second-order valence-electron chi connectivity index (χ2n) is 2.96. The fraction of sp³-hybridized carbons (Fsp3) is 0.222. The zero-order valence-corrected chi connectivity index (χ0v) is 7.97. The van der Waals surface area contributed by atoms with Gasteiger partial charge in [-0.3, -0.25) is 3.97 Å². The molecular weight excluding hydrogens is 168 g/mol. The highest BCUT2D eigenvalue weighted by atomic mass is 32.1. The molecule has 0 aliphatic heterocycles. The quantitative estimate of drug-likeness (QED) is 0.613. The Morgan fingerprint density at radius 1 is 1.33 bits per heavy atom. The molecule has 0 saturated heterocycles. The van der Waals surface area contributed by atoms with Crippen LogP contribution in [0.3, 0.4) is 0 Å². The summed E-state index contributed by atoms with van der Waals surface area (Å²) in [5.41, 5.74) is 3.32. The molecule has 0 aliphatic rings. The highest BCUT2D eigenvalue weighted by Crippen LogP contribution is 2.17. The van der Waals surface area contributed by atoms with Crippen molar-refractivity contribution in [2.24, 2.45) is 0 Å². The van der Waals surface area contributed by atoms with Crippen LogP contribution in [0.4, 0.5) is 0 Å². The standard InChI is InChI=1S/C9H10N2S/c1-6-3-4-9-8(5-6)10-7(2)11(9)12/h3-5,12H,1-2H3. The smallest absolute Gasteiger partial charge is 0.116 e. The van der Waals surface area contributed by atoms with Gasteiger partial charge < -0.3 is 0 Å². The number of fused-ring (bicyclic) bond motifs is 1. The molecule has 0 bridgehead atoms. The van der Waals surface area contributed by atoms with E-state index in [1.54, 1.807) is 3.97 Å². The number of benzene rings is 1. The summed E-state index contributed by atoms with van der Waals surface area (Å²) in [4.78, 5) is 4.36. The van der Waals surface area contributed by atoms with E-state index in [1.165, 1.54) is 5.56 Å². The SMILES string of the molecule is Cc1ccc2c(c1)nc(C)n2S. The predicted molar refractivity (Wildman–Crippen MR) is 53.6 cm³/mol. The molecule has 0 atom stereocenters. The largest absolute Gasteiger partial charge is 0.273 e. The number of nitrogens with zero attached hydrogens (tertiary/aromatic N) is 2. The second-order valence-corrected chi connectivity index (χ2v) is 3.36. The molecule has 0 spiro atoms. The third kappa shape index (κ3) is 1.01. The predicted octanol–water partition coefficient (Wildman–Crippen LogP) is 2.35. The first-order chi connectivity index (χ1) is 5.68. The topological polar surface area (TPSA) is 17.8 Å². The van der Waals surface area contributed by atoms with Crippen molar-refractivity contribution in [2.45, 2.75) is 13.8 Å². The average Bonchev–Trinajstić information content (AvgIpc) is 2.28. The van der Waals surface area contributed by atoms with Crippen molar-refractivity contribution in [3.05, 3.63) is 29.6 Å². The summed E-state index contributed by atoms with van der Waals surface area (Å²) < 4.78 is 1.80. The first-order valence-electron chi connectivity index (χ1n) is 3.83. The third-order valence-electron chi connectivity index (χ3n) is 1.95. The Balaban J connectivity index is 2.87. The maximum Gasteiger partial charge on any atom is 0.116 e. The highest BCUT2D eigenvalue weighted by Gasteiger charge is 2.02. The van der Waals surface area contributed by atoms with Crippen LogP contribution in [0.5, 0.6) is 0 Å². The van der Waals surface area contributed by atoms with Gasteiger partial charge in [-0.15, -0.1) is 0 Å². The highest BCUT2D eigenvalue weighted by molar-refractivity contribution is 7.78. The van der Waals surface area contributed by atoms with E-state index in [0.717, 1.165) is 16.9 Å². The summed E-state index contributed by atoms with van der Waals surface area (Å²) in [6.45, 7) is 4.01. The zero-order chi connectivity index (χ0) is 8.72. The van der Waals surface area contributed by atoms with Gasteiger partial charge in [0.05, 0.1) is 11.0 Å². The van der Waals surface area contributed by atoms with Gasteiger partial charge in [0.2, 0.25) is 0 Å². The van der Waals surface area contributed by atoms with E-state index < -0.39 is 0 Å². The van der Waals surface area contributed by atoms with E-state index in [2.05, 4.69) is 36.9 Å². The molecule has 0 unspecified atom stereocenters. The Bertz CT molecular complexity index is 431. The minimum absolute atomic E-state index is 0.930. The molecule has 0 saturated carbocycles. The summed E-state index contributed by atoms with van der Waals surface area (Å²) in [5.74, 6) is 0.930. The van der Waals surface area contributed by atoms with Crippen molar-refractivity contribution in [3.8, 4) is 0 Å². The maximum atomic E-state index is 4.36. The molecule has 3 heteroatoms. The number of rotatable bonds is 0. The molecule has 1 heterocycles. The van der Waals surface area contributed by atoms with Gasteiger partial charge >= 0.3 is 0 Å². The maximum absolute atomic E-state index is 4.36. The fourth-order valence-corrected chi connectivity index (χ4v) is 1.51. The lowest BCUT2D eigenvalue weighted by molar-refractivity contribution is 1.12. The monoisotopic (exact) mass is 178 g/mol. The molecule has 1 aromatic carbocycles. The van der Waals surface area contributed by atoms with E-state index in [9.17, 15) is 0 Å². The Hall–Kier alpha value is -0.960. The molecule has 2 rings (SSSR count). The van der Waals surface area contributed by atoms with E-state index in [4.69, 9.17) is 0 Å². The molecule has 2 aromatic rings. The van der Waals surface area contributed by atoms with Crippen LogP contribution in [0.15, 0.2) is 18.2 Å². The number of hydrogen-bond acceptors (Lipinski definition) is 2. The third-order valence-corrected chi connectivity index (χ3v) is 2.45. The van der Waals surface area contributed by atoms with Crippen LogP contribution in [-0.2, 0) is 0 Å². The van der Waals surface area contributed by atoms with Gasteiger partial charge in [-0.1, -0.05) is 18.9 Å². The minimum atomic E-state index is 0.930. The van der Waals surface area contributed by atoms with Crippen molar-refractivity contribution in [1.29, 1.82) is 0 Å². The van der Waals surface area contributed by atoms with Crippen LogP contribution >= 0.6 is 12.8 Å². The van der Waals surface area contributed by atoms with Crippen LogP contribution in [0.1, 0.15) is 11.4 Å². The summed E-state index contributed by atoms with van der Waals surface area (Å²) in [5, 5.41) is 0. The lowest BCUT2D eigenvalue weighted by Gasteiger charge is -1.94. The molecule has 0 aliphatic carbocycles. The molecule has 0 amide bonds. The van der Waals surface area contributed by atoms with Crippen LogP contribution in [0, 0.1) is 13.8 Å². The normalized spacial score (nSPS) is 10.9. The number of imidazole rings is 1. The molecular formula is C9H10N2S. The lowest BCUT2D eigenvalue weighted by atomic mass is 10.2. The summed E-state index contributed by atoms with van der Waals surface area (Å²) in [6.07, 6.45) is 0. The van der Waals surface area contributed by atoms with Gasteiger partial charge in [-0.2, -0.15) is 0 Å². The van der Waals surface area contributed by atoms with Gasteiger partial charge in [0.15, 0.2) is 0 Å². The van der Waals surface area contributed by atoms with Crippen molar-refractivity contribution in [3.63, 3.8) is 0 Å². The number of aromatic nitrogens is 2. The summed E-state index contributed by atoms with van der Waals surface area (Å²) >= 11 is 4.30. The minimum Gasteiger partial charge on any atom is -0.273 e. The van der Waals surface area contributed by atoms with Crippen molar-refractivity contribution >= 4 is 23.8 Å². The van der Waals surface area contributed by atoms with Crippen molar-refractivity contribution < 1.29 is 0 Å². The Kier molecular flexibility index (Phi) is 1.61. The lowest BCUT2D eigenvalue weighted by Crippen LogP contribution is -1.82. The second kappa shape index (κ2) is 2.52. The number of hydrogen-bond donors (Lipinski definition) is 1. The first-order valence-corrected chi connectivity index (χ1v) is 4.23. The van der Waals surface area contributed by atoms with Crippen LogP contribution in [0.2, 0.25) is 0 Å². The van der Waals surface area contributed by atoms with Gasteiger partial charge in [0, 0.05) is 0 Å². The van der Waals surface area contributed by atoms with Gasteiger partial charge in [0.1, 0.15) is 5.82 Å². The Labute approximate surface area is 76.8 Å². The molecule has 1 aromatic heterocycles. The Morgan fingerprint density at radius 2 is 2.08 bits per heavy atom. The molecule has 62 valence electrons. The van der Waals surface area contributed by atoms with Crippen LogP contribution < -0.4 is 0 Å². The van der Waals surface area contributed by atoms with E-state index in [1.807, 2.05) is 13.0 Å². The molecule has 2 nitrogen and oxygen atoms in total. The molecule has 0 fully saturated rings. The summed E-state index contributed by atoms with van der Waals surface area (Å²) in [7, 11) is 0. The number of aryl methyl sites for hydroxylation is 2. The fourth-order valence-electron chi connectivity index (χ4n) is 1.30. The van der Waals surface area contributed by atoms with Gasteiger partial charge in [-0.05, 0) is 31.5 Å². The van der Waals surface area contributed by atoms with Crippen LogP contribution in [-0.4, -0.2) is 8.96 Å². The van der Waals surface area contributed by atoms with Crippen LogP contribution in [0.25, 0.3) is 11.0 Å². The average molecular weight is 178 g/mol. The molecule has 12 heavy (non-hydrogen) atoms. The molecule has 0 N–H and O–H groups in total. The van der Waals surface area contributed by atoms with E-state index in [-0.39, 0.29) is 0 Å². The van der Waals surface area contributed by atoms with Gasteiger partial charge in [0.25, 0.3) is 0 Å². The summed E-state index contributed by atoms with van der Waals surface area (Å²) in [6, 6.07) is 6.17. The Morgan fingerprint density at radius 3 is 2.83 bits per heavy atom. The van der Waals surface area contributed by atoms with Crippen molar-refractivity contribution in [2.75, 3.05) is 0 Å². The molecule has 0 radical (unpaired) electrons. The zero-order valence-electron chi connectivity index (χ0n) is 7.07. The number of thiol groups is 1. The van der Waals surface area contributed by atoms with Gasteiger partial charge in [-0.25, -0.2) is 4.98 Å².